The third-order valence-corrected chi connectivity index (χ3v) is 9.00. The van der Waals surface area contributed by atoms with E-state index in [4.69, 9.17) is 15.6 Å². The van der Waals surface area contributed by atoms with E-state index in [-0.39, 0.29) is 43.4 Å². The minimum atomic E-state index is -4.71. The predicted octanol–water partition coefficient (Wildman–Crippen LogP) is 5.17. The van der Waals surface area contributed by atoms with Gasteiger partial charge in [0.2, 0.25) is 5.91 Å². The van der Waals surface area contributed by atoms with Gasteiger partial charge in [-0.2, -0.15) is 18.3 Å². The summed E-state index contributed by atoms with van der Waals surface area (Å²) in [5.41, 5.74) is 9.50. The third-order valence-electron chi connectivity index (χ3n) is 9.00. The van der Waals surface area contributed by atoms with Crippen LogP contribution < -0.4 is 5.73 Å². The number of benzene rings is 1. The van der Waals surface area contributed by atoms with Crippen molar-refractivity contribution in [2.24, 2.45) is 0 Å². The van der Waals surface area contributed by atoms with Crippen LogP contribution >= 0.6 is 0 Å². The molecule has 2 amide bonds. The van der Waals surface area contributed by atoms with E-state index in [2.05, 4.69) is 28.7 Å². The highest BCUT2D eigenvalue weighted by Gasteiger charge is 2.44. The van der Waals surface area contributed by atoms with Gasteiger partial charge in [0.15, 0.2) is 0 Å². The van der Waals surface area contributed by atoms with Gasteiger partial charge >= 0.3 is 6.18 Å². The number of carbonyl (C=O) groups is 2. The molecule has 1 aromatic carbocycles. The molecule has 4 aromatic rings. The summed E-state index contributed by atoms with van der Waals surface area (Å²) >= 11 is 0. The minimum Gasteiger partial charge on any atom is -0.398 e. The summed E-state index contributed by atoms with van der Waals surface area (Å²) in [6.07, 6.45) is 2.81. The number of hydrogen-bond donors (Lipinski definition) is 1. The first kappa shape index (κ1) is 30.6. The first-order valence-corrected chi connectivity index (χ1v) is 15.4. The molecule has 3 aliphatic rings. The van der Waals surface area contributed by atoms with Gasteiger partial charge in [-0.25, -0.2) is 4.68 Å². The number of nitrogen functional groups attached to an aromatic ring is 1. The Morgan fingerprint density at radius 3 is 2.55 bits per heavy atom. The lowest BCUT2D eigenvalue weighted by atomic mass is 9.94. The number of nitrogens with two attached hydrogens (primary N) is 1. The van der Waals surface area contributed by atoms with Crippen molar-refractivity contribution in [2.75, 3.05) is 25.4 Å². The maximum absolute atomic E-state index is 14.1. The maximum Gasteiger partial charge on any atom is 0.433 e. The molecule has 2 N–H and O–H groups in total. The molecule has 5 heterocycles. The zero-order valence-electron chi connectivity index (χ0n) is 25.4. The van der Waals surface area contributed by atoms with Gasteiger partial charge in [0.05, 0.1) is 41.8 Å². The predicted molar refractivity (Wildman–Crippen MR) is 165 cm³/mol. The van der Waals surface area contributed by atoms with Crippen LogP contribution in [0.5, 0.6) is 0 Å². The summed E-state index contributed by atoms with van der Waals surface area (Å²) in [6, 6.07) is 12.0. The van der Waals surface area contributed by atoms with Gasteiger partial charge < -0.3 is 20.3 Å². The van der Waals surface area contributed by atoms with Gasteiger partial charge in [-0.1, -0.05) is 24.8 Å². The van der Waals surface area contributed by atoms with Crippen molar-refractivity contribution < 1.29 is 27.5 Å². The Hall–Kier alpha value is -5.04. The number of pyridine rings is 2. The van der Waals surface area contributed by atoms with Crippen LogP contribution in [0.15, 0.2) is 73.7 Å². The van der Waals surface area contributed by atoms with Crippen LogP contribution in [0.25, 0.3) is 5.69 Å². The number of amides is 2. The lowest BCUT2D eigenvalue weighted by Crippen LogP contribution is -2.46. The number of aromatic nitrogens is 4. The van der Waals surface area contributed by atoms with Gasteiger partial charge in [-0.05, 0) is 60.2 Å². The van der Waals surface area contributed by atoms with Crippen LogP contribution in [-0.2, 0) is 28.7 Å². The highest BCUT2D eigenvalue weighted by molar-refractivity contribution is 5.99. The summed E-state index contributed by atoms with van der Waals surface area (Å²) < 4.78 is 48.3. The zero-order valence-corrected chi connectivity index (χ0v) is 25.4. The fourth-order valence-corrected chi connectivity index (χ4v) is 6.46. The van der Waals surface area contributed by atoms with E-state index in [0.29, 0.717) is 24.1 Å². The molecule has 2 unspecified atom stereocenters. The van der Waals surface area contributed by atoms with Gasteiger partial charge in [0, 0.05) is 49.4 Å². The minimum absolute atomic E-state index is 0.0869. The van der Waals surface area contributed by atoms with Crippen LogP contribution in [0, 0.1) is 0 Å². The highest BCUT2D eigenvalue weighted by Crippen LogP contribution is 2.43. The molecule has 242 valence electrons. The Bertz CT molecular complexity index is 1840. The topological polar surface area (TPSA) is 119 Å². The van der Waals surface area contributed by atoms with Gasteiger partial charge in [-0.15, -0.1) is 0 Å². The summed E-state index contributed by atoms with van der Waals surface area (Å²) in [5.74, 6) is -0.358. The second-order valence-corrected chi connectivity index (χ2v) is 12.1. The molecule has 0 bridgehead atoms. The van der Waals surface area contributed by atoms with E-state index in [1.165, 1.54) is 24.5 Å². The fraction of sp³-hybridized carbons (Fsp3) is 0.324. The van der Waals surface area contributed by atoms with Crippen LogP contribution in [0.1, 0.15) is 75.0 Å². The number of halogens is 3. The fourth-order valence-electron chi connectivity index (χ4n) is 6.46. The van der Waals surface area contributed by atoms with E-state index in [1.807, 2.05) is 28.9 Å². The Kier molecular flexibility index (Phi) is 7.79. The number of carbonyl (C=O) groups excluding carboxylic acids is 2. The monoisotopic (exact) mass is 643 g/mol. The van der Waals surface area contributed by atoms with Crippen molar-refractivity contribution in [3.8, 4) is 5.69 Å². The third kappa shape index (κ3) is 5.86. The van der Waals surface area contributed by atoms with Crippen molar-refractivity contribution in [3.63, 3.8) is 0 Å². The van der Waals surface area contributed by atoms with Crippen LogP contribution in [0.2, 0.25) is 0 Å². The molecule has 2 aliphatic heterocycles. The number of ether oxygens (including phenoxy) is 1. The first-order valence-electron chi connectivity index (χ1n) is 15.4. The van der Waals surface area contributed by atoms with E-state index in [1.54, 1.807) is 22.2 Å². The number of rotatable bonds is 7. The molecule has 0 radical (unpaired) electrons. The molecule has 7 rings (SSSR count). The Morgan fingerprint density at radius 1 is 1.11 bits per heavy atom. The molecule has 47 heavy (non-hydrogen) atoms. The molecule has 3 aromatic heterocycles. The number of alkyl halides is 3. The molecule has 10 nitrogen and oxygen atoms in total. The Balaban J connectivity index is 1.32. The van der Waals surface area contributed by atoms with E-state index < -0.39 is 29.9 Å². The van der Waals surface area contributed by atoms with Crippen LogP contribution in [0.3, 0.4) is 0 Å². The Labute approximate surface area is 268 Å². The van der Waals surface area contributed by atoms with Crippen molar-refractivity contribution in [2.45, 2.75) is 50.1 Å². The van der Waals surface area contributed by atoms with E-state index >= 15 is 0 Å². The molecular formula is C34H32F3N7O3. The highest BCUT2D eigenvalue weighted by atomic mass is 19.4. The first-order chi connectivity index (χ1) is 22.6. The Morgan fingerprint density at radius 2 is 1.89 bits per heavy atom. The number of anilines is 1. The summed E-state index contributed by atoms with van der Waals surface area (Å²) in [4.78, 5) is 38.0. The quantitative estimate of drug-likeness (QED) is 0.276. The second kappa shape index (κ2) is 12.0. The average Bonchev–Trinajstić information content (AvgIpc) is 3.87. The van der Waals surface area contributed by atoms with Gasteiger partial charge in [0.25, 0.3) is 5.91 Å². The number of hydrogen-bond acceptors (Lipinski definition) is 7. The van der Waals surface area contributed by atoms with Crippen molar-refractivity contribution >= 4 is 17.5 Å². The van der Waals surface area contributed by atoms with Crippen molar-refractivity contribution in [3.05, 3.63) is 113 Å². The van der Waals surface area contributed by atoms with E-state index in [9.17, 15) is 22.8 Å². The molecule has 1 fully saturated rings. The summed E-state index contributed by atoms with van der Waals surface area (Å²) in [7, 11) is 0. The molecule has 0 saturated heterocycles. The molecular weight excluding hydrogens is 611 g/mol. The molecule has 1 aliphatic carbocycles. The smallest absolute Gasteiger partial charge is 0.398 e. The SMILES string of the molecule is C=CC(=O)N1CC(OCc2cccnc2)c2nn(-c3ccc(C4CC4)cc3)c3c2C(C1)N(C(=O)c1cnc(C(F)(F)F)cc1N)CC3. The summed E-state index contributed by atoms with van der Waals surface area (Å²) in [6.45, 7) is 4.30. The van der Waals surface area contributed by atoms with E-state index in [0.717, 1.165) is 28.7 Å². The van der Waals surface area contributed by atoms with Gasteiger partial charge in [-0.3, -0.25) is 19.6 Å². The average molecular weight is 644 g/mol. The second-order valence-electron chi connectivity index (χ2n) is 12.1. The van der Waals surface area contributed by atoms with Crippen molar-refractivity contribution in [1.29, 1.82) is 0 Å². The van der Waals surface area contributed by atoms with Crippen molar-refractivity contribution in [1.82, 2.24) is 29.5 Å². The largest absolute Gasteiger partial charge is 0.433 e. The number of nitrogens with zero attached hydrogens (tertiary/aromatic N) is 6. The molecule has 13 heteroatoms. The van der Waals surface area contributed by atoms with Crippen LogP contribution in [-0.4, -0.2) is 61.0 Å². The molecule has 0 spiro atoms. The zero-order chi connectivity index (χ0) is 32.9. The standard InChI is InChI=1S/C34H32F3N7O3/c1-2-30(45)42-17-27-31-26(11-13-43(27)33(46)24-16-40-29(14-25(24)38)34(35,36)37)44(23-9-7-22(8-10-23)21-5-6-21)41-32(31)28(18-42)47-19-20-4-3-12-39-15-20/h2-4,7-10,12,14-16,21,27-28H,1,5-6,11,13,17-19H2,(H2,38,40). The maximum atomic E-state index is 14.1. The summed E-state index contributed by atoms with van der Waals surface area (Å²) in [5, 5.41) is 5.08. The lowest BCUT2D eigenvalue weighted by molar-refractivity contribution is -0.141. The lowest BCUT2D eigenvalue weighted by Gasteiger charge is -2.38. The molecule has 2 atom stereocenters. The van der Waals surface area contributed by atoms with Gasteiger partial charge in [0.1, 0.15) is 11.8 Å². The van der Waals surface area contributed by atoms with Crippen LogP contribution in [0.4, 0.5) is 18.9 Å². The normalized spacial score (nSPS) is 19.2. The molecule has 1 saturated carbocycles.